The van der Waals surface area contributed by atoms with E-state index in [2.05, 4.69) is 31.5 Å². The number of aliphatic carboxylic acids is 1. The molecule has 1 atom stereocenters. The van der Waals surface area contributed by atoms with Crippen LogP contribution in [0.2, 0.25) is 0 Å². The van der Waals surface area contributed by atoms with Crippen molar-refractivity contribution in [1.82, 2.24) is 20.2 Å². The summed E-state index contributed by atoms with van der Waals surface area (Å²) in [5, 5.41) is 20.8. The molecule has 0 amide bonds. The number of rotatable bonds is 4. The highest BCUT2D eigenvalue weighted by Crippen LogP contribution is 2.26. The minimum atomic E-state index is -1.16. The normalized spacial score (nSPS) is 14.1. The molecule has 19 heavy (non-hydrogen) atoms. The molecule has 0 saturated carbocycles. The fourth-order valence-electron chi connectivity index (χ4n) is 1.69. The average molecular weight is 325 g/mol. The molecular formula is C12H13BrN4O2. The molecule has 0 radical (unpaired) electrons. The number of carboxylic acid groups (broad SMARTS) is 1. The SMILES string of the molecule is CCC(C)(C(=O)O)n1nnnc1-c1ccc(Br)cc1. The molecule has 0 aliphatic rings. The third kappa shape index (κ3) is 2.37. The van der Waals surface area contributed by atoms with Crippen LogP contribution in [0.4, 0.5) is 0 Å². The number of carbonyl (C=O) groups is 1. The van der Waals surface area contributed by atoms with Gasteiger partial charge >= 0.3 is 5.97 Å². The molecule has 100 valence electrons. The Morgan fingerprint density at radius 1 is 1.42 bits per heavy atom. The van der Waals surface area contributed by atoms with Crippen molar-refractivity contribution in [1.29, 1.82) is 0 Å². The number of aromatic nitrogens is 4. The number of benzene rings is 1. The monoisotopic (exact) mass is 324 g/mol. The van der Waals surface area contributed by atoms with E-state index in [0.29, 0.717) is 12.2 Å². The minimum absolute atomic E-state index is 0.386. The molecule has 1 aromatic heterocycles. The quantitative estimate of drug-likeness (QED) is 0.933. The lowest BCUT2D eigenvalue weighted by atomic mass is 9.99. The van der Waals surface area contributed by atoms with Crippen LogP contribution in [-0.4, -0.2) is 31.3 Å². The molecule has 1 N–H and O–H groups in total. The van der Waals surface area contributed by atoms with Crippen molar-refractivity contribution in [3.63, 3.8) is 0 Å². The van der Waals surface area contributed by atoms with E-state index in [0.717, 1.165) is 10.0 Å². The molecule has 0 spiro atoms. The zero-order chi connectivity index (χ0) is 14.0. The summed E-state index contributed by atoms with van der Waals surface area (Å²) in [5.41, 5.74) is -0.388. The Bertz CT molecular complexity index is 596. The fraction of sp³-hybridized carbons (Fsp3) is 0.333. The zero-order valence-corrected chi connectivity index (χ0v) is 12.1. The highest BCUT2D eigenvalue weighted by molar-refractivity contribution is 9.10. The van der Waals surface area contributed by atoms with Gasteiger partial charge in [0.15, 0.2) is 11.4 Å². The van der Waals surface area contributed by atoms with Gasteiger partial charge in [0.2, 0.25) is 0 Å². The largest absolute Gasteiger partial charge is 0.479 e. The van der Waals surface area contributed by atoms with E-state index in [9.17, 15) is 9.90 Å². The molecule has 0 bridgehead atoms. The van der Waals surface area contributed by atoms with E-state index >= 15 is 0 Å². The van der Waals surface area contributed by atoms with Gasteiger partial charge < -0.3 is 5.11 Å². The van der Waals surface area contributed by atoms with Gasteiger partial charge in [0.1, 0.15) is 0 Å². The first kappa shape index (κ1) is 13.7. The fourth-order valence-corrected chi connectivity index (χ4v) is 1.95. The van der Waals surface area contributed by atoms with Crippen LogP contribution in [0.25, 0.3) is 11.4 Å². The van der Waals surface area contributed by atoms with E-state index in [1.54, 1.807) is 13.8 Å². The maximum atomic E-state index is 11.5. The van der Waals surface area contributed by atoms with Crippen LogP contribution in [0.1, 0.15) is 20.3 Å². The topological polar surface area (TPSA) is 80.9 Å². The third-order valence-corrected chi connectivity index (χ3v) is 3.72. The average Bonchev–Trinajstić information content (AvgIpc) is 2.88. The van der Waals surface area contributed by atoms with Gasteiger partial charge in [-0.05, 0) is 35.9 Å². The van der Waals surface area contributed by atoms with E-state index in [1.165, 1.54) is 4.68 Å². The second-order valence-electron chi connectivity index (χ2n) is 4.35. The number of hydrogen-bond acceptors (Lipinski definition) is 4. The lowest BCUT2D eigenvalue weighted by Crippen LogP contribution is -2.39. The van der Waals surface area contributed by atoms with Gasteiger partial charge in [-0.2, -0.15) is 0 Å². The van der Waals surface area contributed by atoms with Crippen molar-refractivity contribution < 1.29 is 9.90 Å². The second kappa shape index (κ2) is 5.08. The van der Waals surface area contributed by atoms with Gasteiger partial charge in [0.25, 0.3) is 0 Å². The summed E-state index contributed by atoms with van der Waals surface area (Å²) in [4.78, 5) is 11.5. The summed E-state index contributed by atoms with van der Waals surface area (Å²) in [6, 6.07) is 7.39. The first-order valence-electron chi connectivity index (χ1n) is 5.77. The lowest BCUT2D eigenvalue weighted by Gasteiger charge is -2.23. The number of halogens is 1. The van der Waals surface area contributed by atoms with E-state index in [4.69, 9.17) is 0 Å². The van der Waals surface area contributed by atoms with Gasteiger partial charge in [0, 0.05) is 10.0 Å². The van der Waals surface area contributed by atoms with Gasteiger partial charge in [-0.25, -0.2) is 9.48 Å². The smallest absolute Gasteiger partial charge is 0.331 e. The van der Waals surface area contributed by atoms with E-state index in [1.807, 2.05) is 24.3 Å². The van der Waals surface area contributed by atoms with Crippen LogP contribution in [0.3, 0.4) is 0 Å². The maximum Gasteiger partial charge on any atom is 0.331 e. The van der Waals surface area contributed by atoms with Crippen molar-refractivity contribution >= 4 is 21.9 Å². The highest BCUT2D eigenvalue weighted by Gasteiger charge is 2.37. The molecule has 2 rings (SSSR count). The number of nitrogens with zero attached hydrogens (tertiary/aromatic N) is 4. The summed E-state index contributed by atoms with van der Waals surface area (Å²) < 4.78 is 2.30. The Morgan fingerprint density at radius 2 is 2.05 bits per heavy atom. The Labute approximate surface area is 118 Å². The summed E-state index contributed by atoms with van der Waals surface area (Å²) in [5.74, 6) is -0.514. The molecule has 1 heterocycles. The van der Waals surface area contributed by atoms with Crippen LogP contribution < -0.4 is 0 Å². The number of carboxylic acids is 1. The van der Waals surface area contributed by atoms with Crippen molar-refractivity contribution in [2.75, 3.05) is 0 Å². The zero-order valence-electron chi connectivity index (χ0n) is 10.5. The summed E-state index contributed by atoms with van der Waals surface area (Å²) in [6.07, 6.45) is 0.386. The van der Waals surface area contributed by atoms with Gasteiger partial charge in [-0.1, -0.05) is 35.0 Å². The standard InChI is InChI=1S/C12H13BrN4O2/c1-3-12(2,11(18)19)17-10(14-15-16-17)8-4-6-9(13)7-5-8/h4-7H,3H2,1-2H3,(H,18,19). The third-order valence-electron chi connectivity index (χ3n) is 3.19. The van der Waals surface area contributed by atoms with Crippen LogP contribution in [0.15, 0.2) is 28.7 Å². The molecular weight excluding hydrogens is 312 g/mol. The first-order chi connectivity index (χ1) is 8.99. The molecule has 1 aromatic carbocycles. The van der Waals surface area contributed by atoms with Crippen LogP contribution in [-0.2, 0) is 10.3 Å². The Hall–Kier alpha value is -1.76. The van der Waals surface area contributed by atoms with Gasteiger partial charge in [-0.15, -0.1) is 5.10 Å². The Morgan fingerprint density at radius 3 is 2.58 bits per heavy atom. The summed E-state index contributed by atoms with van der Waals surface area (Å²) in [7, 11) is 0. The van der Waals surface area contributed by atoms with Gasteiger partial charge in [-0.3, -0.25) is 0 Å². The maximum absolute atomic E-state index is 11.5. The van der Waals surface area contributed by atoms with Crippen LogP contribution in [0, 0.1) is 0 Å². The van der Waals surface area contributed by atoms with Crippen molar-refractivity contribution in [2.45, 2.75) is 25.8 Å². The molecule has 0 fully saturated rings. The molecule has 6 nitrogen and oxygen atoms in total. The Kier molecular flexibility index (Phi) is 3.66. The van der Waals surface area contributed by atoms with Crippen molar-refractivity contribution in [3.05, 3.63) is 28.7 Å². The lowest BCUT2D eigenvalue weighted by molar-refractivity contribution is -0.147. The van der Waals surface area contributed by atoms with E-state index in [-0.39, 0.29) is 0 Å². The molecule has 0 aliphatic carbocycles. The Balaban J connectivity index is 2.54. The molecule has 1 unspecified atom stereocenters. The summed E-state index contributed by atoms with van der Waals surface area (Å²) in [6.45, 7) is 3.40. The van der Waals surface area contributed by atoms with Crippen molar-refractivity contribution in [3.8, 4) is 11.4 Å². The first-order valence-corrected chi connectivity index (χ1v) is 6.56. The van der Waals surface area contributed by atoms with E-state index < -0.39 is 11.5 Å². The predicted molar refractivity (Wildman–Crippen MR) is 72.5 cm³/mol. The number of hydrogen-bond donors (Lipinski definition) is 1. The van der Waals surface area contributed by atoms with Crippen molar-refractivity contribution in [2.24, 2.45) is 0 Å². The summed E-state index contributed by atoms with van der Waals surface area (Å²) >= 11 is 3.35. The van der Waals surface area contributed by atoms with Crippen LogP contribution in [0.5, 0.6) is 0 Å². The molecule has 0 aliphatic heterocycles. The predicted octanol–water partition coefficient (Wildman–Crippen LogP) is 2.31. The van der Waals surface area contributed by atoms with Crippen LogP contribution >= 0.6 is 15.9 Å². The number of tetrazole rings is 1. The van der Waals surface area contributed by atoms with Gasteiger partial charge in [0.05, 0.1) is 0 Å². The minimum Gasteiger partial charge on any atom is -0.479 e. The highest BCUT2D eigenvalue weighted by atomic mass is 79.9. The molecule has 7 heteroatoms. The molecule has 2 aromatic rings. The second-order valence-corrected chi connectivity index (χ2v) is 5.27. The molecule has 0 saturated heterocycles.